The lowest BCUT2D eigenvalue weighted by Gasteiger charge is -2.14. The Balaban J connectivity index is 1.84. The zero-order valence-electron chi connectivity index (χ0n) is 12.2. The van der Waals surface area contributed by atoms with E-state index in [1.54, 1.807) is 48.8 Å². The molecular formula is C17H11NO4S2. The second-order valence-electron chi connectivity index (χ2n) is 4.77. The van der Waals surface area contributed by atoms with Gasteiger partial charge in [0.05, 0.1) is 22.4 Å². The van der Waals surface area contributed by atoms with Crippen LogP contribution in [-0.4, -0.2) is 21.3 Å². The summed E-state index contributed by atoms with van der Waals surface area (Å²) < 4.78 is 5.53. The molecule has 120 valence electrons. The number of carboxylic acid groups (broad SMARTS) is 1. The predicted octanol–water partition coefficient (Wildman–Crippen LogP) is 3.94. The highest BCUT2D eigenvalue weighted by atomic mass is 32.2. The molecule has 0 aliphatic carbocycles. The van der Waals surface area contributed by atoms with E-state index >= 15 is 0 Å². The van der Waals surface area contributed by atoms with Gasteiger partial charge in [-0.2, -0.15) is 0 Å². The van der Waals surface area contributed by atoms with E-state index in [0.717, 1.165) is 0 Å². The Kier molecular flexibility index (Phi) is 4.64. The molecule has 3 rings (SSSR count). The highest BCUT2D eigenvalue weighted by molar-refractivity contribution is 8.27. The van der Waals surface area contributed by atoms with Crippen molar-refractivity contribution in [2.24, 2.45) is 0 Å². The largest absolute Gasteiger partial charge is 0.478 e. The average Bonchev–Trinajstić information content (AvgIpc) is 3.16. The molecule has 5 nitrogen and oxygen atoms in total. The number of nitrogens with zero attached hydrogens (tertiary/aromatic N) is 1. The molecule has 2 aromatic rings. The molecular weight excluding hydrogens is 346 g/mol. The number of allylic oxidation sites excluding steroid dienone is 2. The first-order valence-electron chi connectivity index (χ1n) is 6.88. The lowest BCUT2D eigenvalue weighted by Crippen LogP contribution is -2.27. The quantitative estimate of drug-likeness (QED) is 0.660. The third kappa shape index (κ3) is 3.32. The van der Waals surface area contributed by atoms with Crippen LogP contribution in [0, 0.1) is 0 Å². The summed E-state index contributed by atoms with van der Waals surface area (Å²) in [7, 11) is 0. The molecule has 1 aromatic carbocycles. The smallest absolute Gasteiger partial charge is 0.335 e. The number of hydrogen-bond acceptors (Lipinski definition) is 5. The van der Waals surface area contributed by atoms with E-state index in [1.807, 2.05) is 0 Å². The summed E-state index contributed by atoms with van der Waals surface area (Å²) in [6.07, 6.45) is 6.66. The zero-order valence-corrected chi connectivity index (χ0v) is 13.8. The van der Waals surface area contributed by atoms with Crippen molar-refractivity contribution in [3.05, 3.63) is 71.0 Å². The monoisotopic (exact) mass is 357 g/mol. The number of rotatable bonds is 4. The van der Waals surface area contributed by atoms with Gasteiger partial charge in [0.15, 0.2) is 4.32 Å². The molecule has 24 heavy (non-hydrogen) atoms. The highest BCUT2D eigenvalue weighted by Gasteiger charge is 2.33. The molecule has 1 fully saturated rings. The number of thioether (sulfide) groups is 1. The summed E-state index contributed by atoms with van der Waals surface area (Å²) in [5.41, 5.74) is 0.541. The van der Waals surface area contributed by atoms with Crippen molar-refractivity contribution in [3.63, 3.8) is 0 Å². The van der Waals surface area contributed by atoms with Crippen LogP contribution in [0.25, 0.3) is 6.08 Å². The molecule has 1 saturated heterocycles. The number of hydrogen-bond donors (Lipinski definition) is 1. The fraction of sp³-hybridized carbons (Fsp3) is 0. The summed E-state index contributed by atoms with van der Waals surface area (Å²) in [5, 5.41) is 9.07. The SMILES string of the molecule is O=C(O)c1cccc(N2C(=O)/C(=C\C=C\c3ccco3)SC2=S)c1. The Morgan fingerprint density at radius 3 is 2.83 bits per heavy atom. The van der Waals surface area contributed by atoms with Gasteiger partial charge in [-0.15, -0.1) is 0 Å². The van der Waals surface area contributed by atoms with Crippen molar-refractivity contribution in [1.29, 1.82) is 0 Å². The van der Waals surface area contributed by atoms with Crippen molar-refractivity contribution in [1.82, 2.24) is 0 Å². The molecule has 0 saturated carbocycles. The Morgan fingerprint density at radius 1 is 1.29 bits per heavy atom. The Hall–Kier alpha value is -2.64. The zero-order chi connectivity index (χ0) is 17.1. The number of thiocarbonyl (C=S) groups is 1. The molecule has 1 aliphatic rings. The molecule has 2 heterocycles. The van der Waals surface area contributed by atoms with Crippen molar-refractivity contribution in [3.8, 4) is 0 Å². The highest BCUT2D eigenvalue weighted by Crippen LogP contribution is 2.35. The molecule has 0 spiro atoms. The summed E-state index contributed by atoms with van der Waals surface area (Å²) in [6, 6.07) is 9.69. The lowest BCUT2D eigenvalue weighted by molar-refractivity contribution is -0.113. The first-order chi connectivity index (χ1) is 11.6. The molecule has 0 bridgehead atoms. The maximum absolute atomic E-state index is 12.5. The van der Waals surface area contributed by atoms with Crippen LogP contribution in [-0.2, 0) is 4.79 Å². The van der Waals surface area contributed by atoms with Crippen LogP contribution in [0.15, 0.2) is 64.1 Å². The second-order valence-corrected chi connectivity index (χ2v) is 6.45. The standard InChI is InChI=1S/C17H11NO4S2/c19-15-14(8-2-6-13-7-3-9-22-13)24-17(23)18(15)12-5-1-4-11(10-12)16(20)21/h1-10H,(H,20,21)/b6-2+,14-8+. The van der Waals surface area contributed by atoms with Crippen molar-refractivity contribution in [2.45, 2.75) is 0 Å². The van der Waals surface area contributed by atoms with Gasteiger partial charge < -0.3 is 9.52 Å². The topological polar surface area (TPSA) is 70.8 Å². The van der Waals surface area contributed by atoms with Crippen LogP contribution < -0.4 is 4.90 Å². The number of furan rings is 1. The number of carboxylic acids is 1. The molecule has 7 heteroatoms. The normalized spacial score (nSPS) is 16.5. The van der Waals surface area contributed by atoms with Crippen molar-refractivity contribution < 1.29 is 19.1 Å². The van der Waals surface area contributed by atoms with Gasteiger partial charge in [0.25, 0.3) is 5.91 Å². The molecule has 0 radical (unpaired) electrons. The van der Waals surface area contributed by atoms with Gasteiger partial charge in [0, 0.05) is 0 Å². The minimum absolute atomic E-state index is 0.100. The fourth-order valence-electron chi connectivity index (χ4n) is 2.10. The van der Waals surface area contributed by atoms with Crippen LogP contribution in [0.5, 0.6) is 0 Å². The first-order valence-corrected chi connectivity index (χ1v) is 8.10. The van der Waals surface area contributed by atoms with E-state index in [0.29, 0.717) is 20.7 Å². The second kappa shape index (κ2) is 6.86. The fourth-order valence-corrected chi connectivity index (χ4v) is 3.35. The maximum atomic E-state index is 12.5. The maximum Gasteiger partial charge on any atom is 0.335 e. The first kappa shape index (κ1) is 16.2. The molecule has 1 amide bonds. The number of anilines is 1. The van der Waals surface area contributed by atoms with Gasteiger partial charge in [0.2, 0.25) is 0 Å². The average molecular weight is 357 g/mol. The van der Waals surface area contributed by atoms with Gasteiger partial charge in [-0.3, -0.25) is 9.69 Å². The van der Waals surface area contributed by atoms with Gasteiger partial charge in [0.1, 0.15) is 5.76 Å². The lowest BCUT2D eigenvalue weighted by atomic mass is 10.2. The minimum Gasteiger partial charge on any atom is -0.478 e. The number of benzene rings is 1. The van der Waals surface area contributed by atoms with E-state index < -0.39 is 5.97 Å². The summed E-state index contributed by atoms with van der Waals surface area (Å²) in [6.45, 7) is 0. The van der Waals surface area contributed by atoms with Crippen LogP contribution in [0.3, 0.4) is 0 Å². The Labute approximate surface area is 147 Å². The summed E-state index contributed by atoms with van der Waals surface area (Å²) in [4.78, 5) is 25.4. The number of carbonyl (C=O) groups is 2. The van der Waals surface area contributed by atoms with E-state index in [2.05, 4.69) is 0 Å². The summed E-state index contributed by atoms with van der Waals surface area (Å²) in [5.74, 6) is -0.660. The third-order valence-electron chi connectivity index (χ3n) is 3.20. The minimum atomic E-state index is -1.06. The van der Waals surface area contributed by atoms with Gasteiger partial charge in [-0.25, -0.2) is 4.79 Å². The van der Waals surface area contributed by atoms with Crippen LogP contribution in [0.4, 0.5) is 5.69 Å². The van der Waals surface area contributed by atoms with E-state index in [-0.39, 0.29) is 11.5 Å². The number of carbonyl (C=O) groups excluding carboxylic acids is 1. The Bertz CT molecular complexity index is 868. The van der Waals surface area contributed by atoms with E-state index in [1.165, 1.54) is 28.8 Å². The van der Waals surface area contributed by atoms with Gasteiger partial charge in [-0.1, -0.05) is 36.1 Å². The van der Waals surface area contributed by atoms with E-state index in [4.69, 9.17) is 21.7 Å². The molecule has 1 aromatic heterocycles. The van der Waals surface area contributed by atoms with Crippen LogP contribution in [0.1, 0.15) is 16.1 Å². The molecule has 1 N–H and O–H groups in total. The van der Waals surface area contributed by atoms with Crippen LogP contribution >= 0.6 is 24.0 Å². The third-order valence-corrected chi connectivity index (χ3v) is 4.52. The number of amides is 1. The number of aromatic carboxylic acids is 1. The molecule has 0 atom stereocenters. The van der Waals surface area contributed by atoms with Gasteiger partial charge >= 0.3 is 5.97 Å². The molecule has 0 unspecified atom stereocenters. The van der Waals surface area contributed by atoms with Crippen molar-refractivity contribution in [2.75, 3.05) is 4.90 Å². The van der Waals surface area contributed by atoms with Crippen molar-refractivity contribution >= 4 is 51.9 Å². The van der Waals surface area contributed by atoms with Gasteiger partial charge in [-0.05, 0) is 42.5 Å². The van der Waals surface area contributed by atoms with E-state index in [9.17, 15) is 9.59 Å². The predicted molar refractivity (Wildman–Crippen MR) is 96.9 cm³/mol. The summed E-state index contributed by atoms with van der Waals surface area (Å²) >= 11 is 6.42. The Morgan fingerprint density at radius 2 is 2.12 bits per heavy atom. The van der Waals surface area contributed by atoms with Crippen LogP contribution in [0.2, 0.25) is 0 Å². The molecule has 1 aliphatic heterocycles.